The summed E-state index contributed by atoms with van der Waals surface area (Å²) in [7, 11) is 1.87. The predicted molar refractivity (Wildman–Crippen MR) is 55.8 cm³/mol. The van der Waals surface area contributed by atoms with Gasteiger partial charge in [0.1, 0.15) is 0 Å². The summed E-state index contributed by atoms with van der Waals surface area (Å²) in [5.41, 5.74) is 1.50. The summed E-state index contributed by atoms with van der Waals surface area (Å²) in [6.07, 6.45) is 1.93. The average Bonchev–Trinajstić information content (AvgIpc) is 2.45. The average molecular weight is 210 g/mol. The van der Waals surface area contributed by atoms with Gasteiger partial charge < -0.3 is 14.8 Å². The quantitative estimate of drug-likeness (QED) is 0.555. The molecule has 0 atom stereocenters. The van der Waals surface area contributed by atoms with Crippen molar-refractivity contribution >= 4 is 22.8 Å². The van der Waals surface area contributed by atoms with Crippen molar-refractivity contribution < 1.29 is 10.2 Å². The third kappa shape index (κ3) is 1.21. The largest absolute Gasteiger partial charge is 0.504 e. The molecule has 5 heteroatoms. The maximum absolute atomic E-state index is 9.33. The minimum absolute atomic E-state index is 0.117. The smallest absolute Gasteiger partial charge is 0.168 e. The summed E-state index contributed by atoms with van der Waals surface area (Å²) < 4.78 is 1.87. The highest BCUT2D eigenvalue weighted by Crippen LogP contribution is 2.31. The van der Waals surface area contributed by atoms with Crippen LogP contribution in [0.1, 0.15) is 0 Å². The van der Waals surface area contributed by atoms with Crippen molar-refractivity contribution in [3.8, 4) is 11.5 Å². The lowest BCUT2D eigenvalue weighted by Gasteiger charge is -1.99. The molecule has 4 nitrogen and oxygen atoms in total. The minimum Gasteiger partial charge on any atom is -0.504 e. The molecule has 2 rings (SSSR count). The molecule has 0 fully saturated rings. The Kier molecular flexibility index (Phi) is 2.03. The van der Waals surface area contributed by atoms with E-state index in [-0.39, 0.29) is 11.5 Å². The lowest BCUT2D eigenvalue weighted by atomic mass is 10.3. The molecule has 0 spiro atoms. The number of fused-ring (bicyclic) bond motifs is 1. The Morgan fingerprint density at radius 3 is 2.57 bits per heavy atom. The first kappa shape index (κ1) is 9.21. The van der Waals surface area contributed by atoms with Gasteiger partial charge in [0.15, 0.2) is 16.7 Å². The molecule has 0 aliphatic carbocycles. The summed E-state index contributed by atoms with van der Waals surface area (Å²) in [6.45, 7) is 0. The molecule has 74 valence electrons. The molecule has 2 aromatic rings. The van der Waals surface area contributed by atoms with Crippen LogP contribution in [0.2, 0.25) is 0 Å². The Hall–Kier alpha value is -1.36. The number of nitrogens with zero attached hydrogens (tertiary/aromatic N) is 2. The zero-order valence-corrected chi connectivity index (χ0v) is 8.67. The van der Waals surface area contributed by atoms with E-state index < -0.39 is 0 Å². The number of aryl methyl sites for hydroxylation is 1. The van der Waals surface area contributed by atoms with Crippen LogP contribution in [0.3, 0.4) is 0 Å². The number of thioether (sulfide) groups is 1. The zero-order valence-electron chi connectivity index (χ0n) is 7.85. The van der Waals surface area contributed by atoms with Crippen LogP contribution < -0.4 is 0 Å². The lowest BCUT2D eigenvalue weighted by Crippen LogP contribution is -1.88. The predicted octanol–water partition coefficient (Wildman–Crippen LogP) is 1.71. The van der Waals surface area contributed by atoms with Crippen molar-refractivity contribution in [1.29, 1.82) is 0 Å². The Morgan fingerprint density at radius 1 is 1.29 bits per heavy atom. The summed E-state index contributed by atoms with van der Waals surface area (Å²) in [5, 5.41) is 19.5. The molecule has 0 radical (unpaired) electrons. The van der Waals surface area contributed by atoms with Crippen molar-refractivity contribution in [2.75, 3.05) is 6.26 Å². The molecule has 1 heterocycles. The van der Waals surface area contributed by atoms with E-state index in [0.29, 0.717) is 5.52 Å². The number of imidazole rings is 1. The van der Waals surface area contributed by atoms with E-state index in [4.69, 9.17) is 0 Å². The molecular weight excluding hydrogens is 200 g/mol. The molecule has 1 aromatic heterocycles. The van der Waals surface area contributed by atoms with Crippen LogP contribution in [0.5, 0.6) is 11.5 Å². The van der Waals surface area contributed by atoms with Gasteiger partial charge in [0.05, 0.1) is 11.0 Å². The minimum atomic E-state index is -0.136. The monoisotopic (exact) mass is 210 g/mol. The van der Waals surface area contributed by atoms with Gasteiger partial charge in [-0.05, 0) is 6.26 Å². The van der Waals surface area contributed by atoms with Gasteiger partial charge in [0.25, 0.3) is 0 Å². The van der Waals surface area contributed by atoms with Gasteiger partial charge in [0, 0.05) is 19.2 Å². The Balaban J connectivity index is 2.80. The zero-order chi connectivity index (χ0) is 10.3. The van der Waals surface area contributed by atoms with Gasteiger partial charge in [-0.3, -0.25) is 0 Å². The number of aromatic nitrogens is 2. The maximum atomic E-state index is 9.33. The summed E-state index contributed by atoms with van der Waals surface area (Å²) >= 11 is 1.52. The first-order chi connectivity index (χ1) is 6.63. The van der Waals surface area contributed by atoms with Gasteiger partial charge in [-0.1, -0.05) is 11.8 Å². The molecule has 0 saturated heterocycles. The molecule has 0 bridgehead atoms. The highest BCUT2D eigenvalue weighted by Gasteiger charge is 2.09. The standard InChI is InChI=1S/C9H10N2O2S/c1-11-6-4-8(13)7(12)3-5(6)10-9(11)14-2/h3-4,12-13H,1-2H3. The number of hydrogen-bond donors (Lipinski definition) is 2. The van der Waals surface area contributed by atoms with E-state index in [2.05, 4.69) is 4.98 Å². The molecule has 0 unspecified atom stereocenters. The highest BCUT2D eigenvalue weighted by molar-refractivity contribution is 7.98. The molecular formula is C9H10N2O2S. The van der Waals surface area contributed by atoms with E-state index in [9.17, 15) is 10.2 Å². The molecule has 2 N–H and O–H groups in total. The Labute approximate surface area is 85.2 Å². The van der Waals surface area contributed by atoms with E-state index in [0.717, 1.165) is 10.7 Å². The third-order valence-electron chi connectivity index (χ3n) is 2.12. The molecule has 0 aliphatic heterocycles. The third-order valence-corrected chi connectivity index (χ3v) is 2.85. The van der Waals surface area contributed by atoms with Crippen LogP contribution in [-0.4, -0.2) is 26.0 Å². The van der Waals surface area contributed by atoms with Gasteiger partial charge in [-0.2, -0.15) is 0 Å². The number of phenolic OH excluding ortho intramolecular Hbond substituents is 2. The second-order valence-electron chi connectivity index (χ2n) is 2.99. The van der Waals surface area contributed by atoms with Gasteiger partial charge >= 0.3 is 0 Å². The normalized spacial score (nSPS) is 11.0. The van der Waals surface area contributed by atoms with Crippen molar-refractivity contribution in [2.24, 2.45) is 7.05 Å². The van der Waals surface area contributed by atoms with E-state index in [1.807, 2.05) is 17.9 Å². The molecule has 0 saturated carbocycles. The van der Waals surface area contributed by atoms with Crippen molar-refractivity contribution in [2.45, 2.75) is 5.16 Å². The first-order valence-electron chi connectivity index (χ1n) is 4.06. The second-order valence-corrected chi connectivity index (χ2v) is 3.76. The van der Waals surface area contributed by atoms with Crippen molar-refractivity contribution in [1.82, 2.24) is 9.55 Å². The van der Waals surface area contributed by atoms with Crippen LogP contribution in [0.4, 0.5) is 0 Å². The summed E-state index contributed by atoms with van der Waals surface area (Å²) in [4.78, 5) is 4.29. The number of hydrogen-bond acceptors (Lipinski definition) is 4. The number of benzene rings is 1. The van der Waals surface area contributed by atoms with Crippen LogP contribution in [0.15, 0.2) is 17.3 Å². The second kappa shape index (κ2) is 3.09. The van der Waals surface area contributed by atoms with E-state index in [1.54, 1.807) is 0 Å². The fraction of sp³-hybridized carbons (Fsp3) is 0.222. The number of phenols is 2. The van der Waals surface area contributed by atoms with Crippen LogP contribution >= 0.6 is 11.8 Å². The SMILES string of the molecule is CSc1nc2cc(O)c(O)cc2n1C. The molecule has 14 heavy (non-hydrogen) atoms. The van der Waals surface area contributed by atoms with E-state index >= 15 is 0 Å². The Morgan fingerprint density at radius 2 is 1.93 bits per heavy atom. The lowest BCUT2D eigenvalue weighted by molar-refractivity contribution is 0.404. The fourth-order valence-electron chi connectivity index (χ4n) is 1.38. The molecule has 0 aliphatic rings. The van der Waals surface area contributed by atoms with E-state index in [1.165, 1.54) is 23.9 Å². The summed E-state index contributed by atoms with van der Waals surface area (Å²) in [6, 6.07) is 2.97. The van der Waals surface area contributed by atoms with Gasteiger partial charge in [-0.15, -0.1) is 0 Å². The Bertz CT molecular complexity index is 493. The topological polar surface area (TPSA) is 58.3 Å². The highest BCUT2D eigenvalue weighted by atomic mass is 32.2. The van der Waals surface area contributed by atoms with Crippen LogP contribution in [0, 0.1) is 0 Å². The summed E-state index contributed by atoms with van der Waals surface area (Å²) in [5.74, 6) is -0.253. The van der Waals surface area contributed by atoms with Crippen molar-refractivity contribution in [3.63, 3.8) is 0 Å². The van der Waals surface area contributed by atoms with Crippen LogP contribution in [-0.2, 0) is 7.05 Å². The van der Waals surface area contributed by atoms with Crippen LogP contribution in [0.25, 0.3) is 11.0 Å². The van der Waals surface area contributed by atoms with Gasteiger partial charge in [-0.25, -0.2) is 4.98 Å². The van der Waals surface area contributed by atoms with Crippen molar-refractivity contribution in [3.05, 3.63) is 12.1 Å². The number of rotatable bonds is 1. The molecule has 1 aromatic carbocycles. The maximum Gasteiger partial charge on any atom is 0.168 e. The first-order valence-corrected chi connectivity index (χ1v) is 5.28. The molecule has 0 amide bonds. The number of aromatic hydroxyl groups is 2. The van der Waals surface area contributed by atoms with Gasteiger partial charge in [0.2, 0.25) is 0 Å². The fourth-order valence-corrected chi connectivity index (χ4v) is 1.94.